The monoisotopic (exact) mass is 319 g/mol. The molecule has 0 fully saturated rings. The van der Waals surface area contributed by atoms with E-state index in [-0.39, 0.29) is 12.5 Å². The van der Waals surface area contributed by atoms with Crippen LogP contribution in [0.15, 0.2) is 66.7 Å². The van der Waals surface area contributed by atoms with Crippen molar-refractivity contribution in [2.24, 2.45) is 0 Å². The minimum Gasteiger partial charge on any atom is -0.392 e. The number of carbonyl (C=O) groups excluding carboxylic acids is 1. The maximum atomic E-state index is 12.1. The van der Waals surface area contributed by atoms with Gasteiger partial charge in [-0.05, 0) is 33.9 Å². The van der Waals surface area contributed by atoms with E-state index in [0.717, 1.165) is 28.5 Å². The van der Waals surface area contributed by atoms with Crippen LogP contribution in [0.2, 0.25) is 0 Å². The highest BCUT2D eigenvalue weighted by molar-refractivity contribution is 5.85. The summed E-state index contributed by atoms with van der Waals surface area (Å²) < 4.78 is 0. The number of aliphatic hydroxyl groups is 1. The normalized spacial score (nSPS) is 10.7. The molecule has 0 aromatic heterocycles. The van der Waals surface area contributed by atoms with Gasteiger partial charge >= 0.3 is 0 Å². The number of rotatable bonds is 6. The van der Waals surface area contributed by atoms with Crippen molar-refractivity contribution in [2.45, 2.75) is 19.4 Å². The van der Waals surface area contributed by atoms with Crippen LogP contribution >= 0.6 is 0 Å². The second kappa shape index (κ2) is 7.75. The molecule has 0 aliphatic heterocycles. The minimum absolute atomic E-state index is 0.0391. The first-order valence-corrected chi connectivity index (χ1v) is 8.17. The first kappa shape index (κ1) is 16.2. The summed E-state index contributed by atoms with van der Waals surface area (Å²) >= 11 is 0. The van der Waals surface area contributed by atoms with Gasteiger partial charge in [0.05, 0.1) is 13.0 Å². The van der Waals surface area contributed by atoms with Gasteiger partial charge in [-0.25, -0.2) is 0 Å². The van der Waals surface area contributed by atoms with Gasteiger partial charge in [0.1, 0.15) is 0 Å². The quantitative estimate of drug-likeness (QED) is 0.733. The van der Waals surface area contributed by atoms with Crippen LogP contribution in [0.1, 0.15) is 16.7 Å². The smallest absolute Gasteiger partial charge is 0.224 e. The van der Waals surface area contributed by atoms with Gasteiger partial charge in [0, 0.05) is 6.54 Å². The summed E-state index contributed by atoms with van der Waals surface area (Å²) in [7, 11) is 0. The van der Waals surface area contributed by atoms with Crippen LogP contribution in [0.3, 0.4) is 0 Å². The van der Waals surface area contributed by atoms with Crippen LogP contribution in [0, 0.1) is 0 Å². The SMILES string of the molecule is O=C(Cc1ccc2ccccc2c1)NCCc1ccc(CO)cc1. The Morgan fingerprint density at radius 3 is 2.25 bits per heavy atom. The predicted octanol–water partition coefficient (Wildman–Crippen LogP) is 3.23. The topological polar surface area (TPSA) is 49.3 Å². The van der Waals surface area contributed by atoms with E-state index in [1.54, 1.807) is 0 Å². The van der Waals surface area contributed by atoms with E-state index < -0.39 is 0 Å². The number of hydrogen-bond donors (Lipinski definition) is 2. The van der Waals surface area contributed by atoms with Gasteiger partial charge in [-0.3, -0.25) is 4.79 Å². The Hall–Kier alpha value is -2.65. The van der Waals surface area contributed by atoms with E-state index in [9.17, 15) is 4.79 Å². The Labute approximate surface area is 142 Å². The Morgan fingerprint density at radius 2 is 1.50 bits per heavy atom. The summed E-state index contributed by atoms with van der Waals surface area (Å²) in [4.78, 5) is 12.1. The maximum absolute atomic E-state index is 12.1. The summed E-state index contributed by atoms with van der Waals surface area (Å²) in [5, 5.41) is 14.3. The second-order valence-corrected chi connectivity index (χ2v) is 5.93. The van der Waals surface area contributed by atoms with Crippen LogP contribution in [-0.2, 0) is 24.2 Å². The number of amides is 1. The van der Waals surface area contributed by atoms with Crippen molar-refractivity contribution < 1.29 is 9.90 Å². The van der Waals surface area contributed by atoms with Gasteiger partial charge in [0.15, 0.2) is 0 Å². The molecular weight excluding hydrogens is 298 g/mol. The van der Waals surface area contributed by atoms with Crippen molar-refractivity contribution in [2.75, 3.05) is 6.54 Å². The number of fused-ring (bicyclic) bond motifs is 1. The zero-order valence-corrected chi connectivity index (χ0v) is 13.5. The average Bonchev–Trinajstić information content (AvgIpc) is 2.62. The van der Waals surface area contributed by atoms with Crippen molar-refractivity contribution in [3.63, 3.8) is 0 Å². The van der Waals surface area contributed by atoms with Gasteiger partial charge in [0.2, 0.25) is 5.91 Å². The van der Waals surface area contributed by atoms with Gasteiger partial charge in [-0.15, -0.1) is 0 Å². The molecule has 0 unspecified atom stereocenters. The molecule has 3 aromatic carbocycles. The molecule has 0 bridgehead atoms. The van der Waals surface area contributed by atoms with Gasteiger partial charge in [-0.2, -0.15) is 0 Å². The largest absolute Gasteiger partial charge is 0.392 e. The molecule has 0 heterocycles. The molecule has 0 aliphatic rings. The third-order valence-corrected chi connectivity index (χ3v) is 4.12. The minimum atomic E-state index is 0.0391. The third kappa shape index (κ3) is 4.21. The van der Waals surface area contributed by atoms with E-state index in [1.807, 2.05) is 42.5 Å². The molecule has 0 atom stereocenters. The predicted molar refractivity (Wildman–Crippen MR) is 96.7 cm³/mol. The lowest BCUT2D eigenvalue weighted by atomic mass is 10.0. The molecule has 0 aliphatic carbocycles. The maximum Gasteiger partial charge on any atom is 0.224 e. The summed E-state index contributed by atoms with van der Waals surface area (Å²) in [6.45, 7) is 0.674. The number of aliphatic hydroxyl groups excluding tert-OH is 1. The fourth-order valence-electron chi connectivity index (χ4n) is 2.75. The van der Waals surface area contributed by atoms with Crippen molar-refractivity contribution >= 4 is 16.7 Å². The van der Waals surface area contributed by atoms with Gasteiger partial charge in [0.25, 0.3) is 0 Å². The molecule has 3 heteroatoms. The molecule has 3 nitrogen and oxygen atoms in total. The fraction of sp³-hybridized carbons (Fsp3) is 0.190. The highest BCUT2D eigenvalue weighted by Gasteiger charge is 2.04. The van der Waals surface area contributed by atoms with Crippen molar-refractivity contribution in [1.29, 1.82) is 0 Å². The molecule has 0 spiro atoms. The standard InChI is InChI=1S/C21H21NO2/c23-15-17-7-5-16(6-8-17)11-12-22-21(24)14-18-9-10-19-3-1-2-4-20(19)13-18/h1-10,13,23H,11-12,14-15H2,(H,22,24). The van der Waals surface area contributed by atoms with Crippen LogP contribution in [0.4, 0.5) is 0 Å². The summed E-state index contributed by atoms with van der Waals surface area (Å²) in [5.41, 5.74) is 3.08. The Bertz CT molecular complexity index is 825. The third-order valence-electron chi connectivity index (χ3n) is 4.12. The Morgan fingerprint density at radius 1 is 0.833 bits per heavy atom. The van der Waals surface area contributed by atoms with Crippen molar-refractivity contribution in [3.05, 3.63) is 83.4 Å². The van der Waals surface area contributed by atoms with E-state index in [1.165, 1.54) is 5.39 Å². The summed E-state index contributed by atoms with van der Waals surface area (Å²) in [5.74, 6) is 0.0391. The molecular formula is C21H21NO2. The van der Waals surface area contributed by atoms with Crippen LogP contribution in [-0.4, -0.2) is 17.6 Å². The molecule has 0 radical (unpaired) electrons. The van der Waals surface area contributed by atoms with E-state index in [4.69, 9.17) is 5.11 Å². The fourth-order valence-corrected chi connectivity index (χ4v) is 2.75. The molecule has 2 N–H and O–H groups in total. The van der Waals surface area contributed by atoms with Gasteiger partial charge < -0.3 is 10.4 Å². The van der Waals surface area contributed by atoms with Crippen LogP contribution in [0.25, 0.3) is 10.8 Å². The Kier molecular flexibility index (Phi) is 5.24. The number of nitrogens with one attached hydrogen (secondary N) is 1. The first-order valence-electron chi connectivity index (χ1n) is 8.17. The first-order chi connectivity index (χ1) is 11.7. The highest BCUT2D eigenvalue weighted by Crippen LogP contribution is 2.15. The molecule has 122 valence electrons. The van der Waals surface area contributed by atoms with Crippen molar-refractivity contribution in [3.8, 4) is 0 Å². The van der Waals surface area contributed by atoms with Crippen molar-refractivity contribution in [1.82, 2.24) is 5.32 Å². The molecule has 0 saturated carbocycles. The molecule has 24 heavy (non-hydrogen) atoms. The van der Waals surface area contributed by atoms with E-state index >= 15 is 0 Å². The number of benzene rings is 3. The molecule has 0 saturated heterocycles. The van der Waals surface area contributed by atoms with E-state index in [2.05, 4.69) is 29.6 Å². The average molecular weight is 319 g/mol. The molecule has 1 amide bonds. The summed E-state index contributed by atoms with van der Waals surface area (Å²) in [6, 6.07) is 22.1. The lowest BCUT2D eigenvalue weighted by Crippen LogP contribution is -2.27. The summed E-state index contributed by atoms with van der Waals surface area (Å²) in [6.07, 6.45) is 1.18. The van der Waals surface area contributed by atoms with Gasteiger partial charge in [-0.1, -0.05) is 66.7 Å². The Balaban J connectivity index is 1.51. The number of carbonyl (C=O) groups is 1. The number of hydrogen-bond acceptors (Lipinski definition) is 2. The lowest BCUT2D eigenvalue weighted by Gasteiger charge is -2.07. The lowest BCUT2D eigenvalue weighted by molar-refractivity contribution is -0.120. The highest BCUT2D eigenvalue weighted by atomic mass is 16.3. The molecule has 3 rings (SSSR count). The van der Waals surface area contributed by atoms with E-state index in [0.29, 0.717) is 13.0 Å². The second-order valence-electron chi connectivity index (χ2n) is 5.93. The van der Waals surface area contributed by atoms with Crippen LogP contribution < -0.4 is 5.32 Å². The zero-order chi connectivity index (χ0) is 16.8. The van der Waals surface area contributed by atoms with Crippen LogP contribution in [0.5, 0.6) is 0 Å². The molecule has 3 aromatic rings. The zero-order valence-electron chi connectivity index (χ0n) is 13.5.